The van der Waals surface area contributed by atoms with E-state index in [1.54, 1.807) is 0 Å². The van der Waals surface area contributed by atoms with E-state index in [0.29, 0.717) is 0 Å². The van der Waals surface area contributed by atoms with Gasteiger partial charge in [0.05, 0.1) is 22.1 Å². The zero-order chi connectivity index (χ0) is 30.2. The number of rotatable bonds is 3. The highest BCUT2D eigenvalue weighted by molar-refractivity contribution is 6.33. The first-order valence-corrected chi connectivity index (χ1v) is 15.7. The lowest BCUT2D eigenvalue weighted by Gasteiger charge is -2.14. The Morgan fingerprint density at radius 1 is 0.370 bits per heavy atom. The van der Waals surface area contributed by atoms with Crippen molar-refractivity contribution in [1.82, 2.24) is 14.1 Å². The normalized spacial score (nSPS) is 11.9. The highest BCUT2D eigenvalue weighted by Gasteiger charge is 2.21. The van der Waals surface area contributed by atoms with Crippen LogP contribution in [-0.4, -0.2) is 14.1 Å². The zero-order valence-electron chi connectivity index (χ0n) is 24.9. The molecule has 0 unspecified atom stereocenters. The summed E-state index contributed by atoms with van der Waals surface area (Å²) in [6.45, 7) is 0. The lowest BCUT2D eigenvalue weighted by molar-refractivity contribution is 1.10. The van der Waals surface area contributed by atoms with Crippen molar-refractivity contribution in [2.75, 3.05) is 0 Å². The molecular formula is C43H27N3. The molecule has 0 bridgehead atoms. The lowest BCUT2D eigenvalue weighted by Crippen LogP contribution is -1.98. The third-order valence-electron chi connectivity index (χ3n) is 9.48. The maximum absolute atomic E-state index is 5.20. The molecule has 0 saturated heterocycles. The Balaban J connectivity index is 1.38. The van der Waals surface area contributed by atoms with Crippen LogP contribution in [0, 0.1) is 0 Å². The minimum Gasteiger partial charge on any atom is -0.309 e. The molecule has 2 heterocycles. The Morgan fingerprint density at radius 2 is 0.891 bits per heavy atom. The molecule has 10 rings (SSSR count). The van der Waals surface area contributed by atoms with Gasteiger partial charge < -0.3 is 4.57 Å². The van der Waals surface area contributed by atoms with Crippen LogP contribution in [0.25, 0.3) is 87.9 Å². The van der Waals surface area contributed by atoms with Crippen LogP contribution in [0.3, 0.4) is 0 Å². The molecule has 214 valence electrons. The highest BCUT2D eigenvalue weighted by Crippen LogP contribution is 2.44. The van der Waals surface area contributed by atoms with Gasteiger partial charge in [-0.15, -0.1) is 0 Å². The third-order valence-corrected chi connectivity index (χ3v) is 9.48. The van der Waals surface area contributed by atoms with Crippen molar-refractivity contribution in [3.8, 4) is 22.8 Å². The fourth-order valence-corrected chi connectivity index (χ4v) is 7.53. The molecule has 8 aromatic carbocycles. The van der Waals surface area contributed by atoms with Crippen molar-refractivity contribution in [3.05, 3.63) is 164 Å². The first-order chi connectivity index (χ1) is 22.8. The third kappa shape index (κ3) is 3.51. The van der Waals surface area contributed by atoms with Crippen LogP contribution < -0.4 is 0 Å². The van der Waals surface area contributed by atoms with Crippen molar-refractivity contribution in [2.24, 2.45) is 0 Å². The van der Waals surface area contributed by atoms with E-state index in [1.165, 1.54) is 48.6 Å². The zero-order valence-corrected chi connectivity index (χ0v) is 24.9. The van der Waals surface area contributed by atoms with E-state index in [1.807, 2.05) is 0 Å². The van der Waals surface area contributed by atoms with E-state index >= 15 is 0 Å². The summed E-state index contributed by atoms with van der Waals surface area (Å²) in [4.78, 5) is 5.20. The fourth-order valence-electron chi connectivity index (χ4n) is 7.53. The number of imidazole rings is 1. The van der Waals surface area contributed by atoms with Crippen LogP contribution in [0.2, 0.25) is 0 Å². The van der Waals surface area contributed by atoms with Crippen molar-refractivity contribution in [2.45, 2.75) is 0 Å². The first kappa shape index (κ1) is 25.2. The quantitative estimate of drug-likeness (QED) is 0.189. The van der Waals surface area contributed by atoms with Crippen LogP contribution >= 0.6 is 0 Å². The van der Waals surface area contributed by atoms with Crippen molar-refractivity contribution >= 4 is 65.2 Å². The Morgan fingerprint density at radius 3 is 1.61 bits per heavy atom. The van der Waals surface area contributed by atoms with Gasteiger partial charge in [0.1, 0.15) is 5.82 Å². The summed E-state index contributed by atoms with van der Waals surface area (Å²) in [7, 11) is 0. The Kier molecular flexibility index (Phi) is 5.28. The van der Waals surface area contributed by atoms with Crippen molar-refractivity contribution < 1.29 is 0 Å². The largest absolute Gasteiger partial charge is 0.309 e. The molecule has 0 aliphatic carbocycles. The molecule has 0 spiro atoms. The summed E-state index contributed by atoms with van der Waals surface area (Å²) in [5.41, 5.74) is 7.78. The second kappa shape index (κ2) is 9.65. The monoisotopic (exact) mass is 585 g/mol. The van der Waals surface area contributed by atoms with Gasteiger partial charge in [-0.3, -0.25) is 4.57 Å². The number of hydrogen-bond acceptors (Lipinski definition) is 1. The Bertz CT molecular complexity index is 2750. The number of benzene rings is 8. The highest BCUT2D eigenvalue weighted by atomic mass is 15.1. The number of para-hydroxylation sites is 4. The van der Waals surface area contributed by atoms with Gasteiger partial charge in [-0.2, -0.15) is 0 Å². The van der Waals surface area contributed by atoms with Gasteiger partial charge in [0.25, 0.3) is 0 Å². The van der Waals surface area contributed by atoms with E-state index < -0.39 is 0 Å². The SMILES string of the molecule is c1ccc(-n2c(-c3ccc4c5ccc6c7ccccc7c7ccccc7c6c5n(-c5ccccc5)c4c3)nc3ccccc32)cc1. The molecule has 46 heavy (non-hydrogen) atoms. The molecule has 10 aromatic rings. The average Bonchev–Trinajstić information content (AvgIpc) is 3.68. The summed E-state index contributed by atoms with van der Waals surface area (Å²) in [5.74, 6) is 0.931. The van der Waals surface area contributed by atoms with E-state index in [-0.39, 0.29) is 0 Å². The second-order valence-electron chi connectivity index (χ2n) is 12.0. The first-order valence-electron chi connectivity index (χ1n) is 15.7. The van der Waals surface area contributed by atoms with Crippen LogP contribution in [0.4, 0.5) is 0 Å². The molecule has 0 aliphatic rings. The molecular weight excluding hydrogens is 558 g/mol. The molecule has 3 nitrogen and oxygen atoms in total. The van der Waals surface area contributed by atoms with E-state index in [2.05, 4.69) is 173 Å². The van der Waals surface area contributed by atoms with E-state index in [4.69, 9.17) is 4.98 Å². The molecule has 3 heteroatoms. The van der Waals surface area contributed by atoms with Gasteiger partial charge in [0.15, 0.2) is 0 Å². The van der Waals surface area contributed by atoms with Crippen LogP contribution in [0.15, 0.2) is 164 Å². The molecule has 0 saturated carbocycles. The van der Waals surface area contributed by atoms with E-state index in [9.17, 15) is 0 Å². The smallest absolute Gasteiger partial charge is 0.145 e. The molecule has 0 atom stereocenters. The summed E-state index contributed by atoms with van der Waals surface area (Å²) in [6.07, 6.45) is 0. The van der Waals surface area contributed by atoms with Gasteiger partial charge in [0, 0.05) is 33.1 Å². The summed E-state index contributed by atoms with van der Waals surface area (Å²) in [6, 6.07) is 58.9. The maximum Gasteiger partial charge on any atom is 0.145 e. The Hall–Kier alpha value is -6.19. The molecule has 0 radical (unpaired) electrons. The maximum atomic E-state index is 5.20. The van der Waals surface area contributed by atoms with Gasteiger partial charge in [-0.05, 0) is 69.4 Å². The van der Waals surface area contributed by atoms with Crippen molar-refractivity contribution in [3.63, 3.8) is 0 Å². The summed E-state index contributed by atoms with van der Waals surface area (Å²) >= 11 is 0. The minimum atomic E-state index is 0.931. The molecule has 0 fully saturated rings. The molecule has 2 aromatic heterocycles. The molecule has 0 aliphatic heterocycles. The predicted octanol–water partition coefficient (Wildman–Crippen LogP) is 11.2. The Labute approximate surface area is 265 Å². The fraction of sp³-hybridized carbons (Fsp3) is 0. The van der Waals surface area contributed by atoms with Gasteiger partial charge in [0.2, 0.25) is 0 Å². The second-order valence-corrected chi connectivity index (χ2v) is 12.0. The number of hydrogen-bond donors (Lipinski definition) is 0. The minimum absolute atomic E-state index is 0.931. The van der Waals surface area contributed by atoms with Crippen molar-refractivity contribution in [1.29, 1.82) is 0 Å². The molecule has 0 amide bonds. The number of fused-ring (bicyclic) bond motifs is 11. The van der Waals surface area contributed by atoms with Crippen LogP contribution in [0.1, 0.15) is 0 Å². The molecule has 0 N–H and O–H groups in total. The predicted molar refractivity (Wildman–Crippen MR) is 193 cm³/mol. The number of aromatic nitrogens is 3. The topological polar surface area (TPSA) is 22.8 Å². The van der Waals surface area contributed by atoms with Crippen LogP contribution in [0.5, 0.6) is 0 Å². The number of nitrogens with zero attached hydrogens (tertiary/aromatic N) is 3. The van der Waals surface area contributed by atoms with Crippen LogP contribution in [-0.2, 0) is 0 Å². The standard InChI is InChI=1S/C43H27N3/c1-3-13-29(14-4-1)45-40-27-28(43-44-38-21-11-12-22-39(38)46(43)30-15-5-2-6-16-30)23-24-34(40)37-26-25-36-33-19-8-7-17-31(33)32-18-9-10-20-35(32)41(36)42(37)45/h1-27H. The lowest BCUT2D eigenvalue weighted by atomic mass is 9.93. The van der Waals surface area contributed by atoms with Gasteiger partial charge in [-0.25, -0.2) is 4.98 Å². The summed E-state index contributed by atoms with van der Waals surface area (Å²) in [5, 5.41) is 10.1. The van der Waals surface area contributed by atoms with Gasteiger partial charge >= 0.3 is 0 Å². The average molecular weight is 586 g/mol. The summed E-state index contributed by atoms with van der Waals surface area (Å²) < 4.78 is 4.74. The van der Waals surface area contributed by atoms with Gasteiger partial charge in [-0.1, -0.05) is 121 Å². The van der Waals surface area contributed by atoms with E-state index in [0.717, 1.165) is 39.3 Å².